The molecule has 5 nitrogen and oxygen atoms in total. The van der Waals surface area contributed by atoms with E-state index >= 15 is 0 Å². The molecule has 0 unspecified atom stereocenters. The number of rotatable bonds is 4. The van der Waals surface area contributed by atoms with Gasteiger partial charge >= 0.3 is 11.8 Å². The maximum absolute atomic E-state index is 12.5. The van der Waals surface area contributed by atoms with Crippen molar-refractivity contribution in [3.63, 3.8) is 0 Å². The van der Waals surface area contributed by atoms with Crippen molar-refractivity contribution in [3.8, 4) is 0 Å². The lowest BCUT2D eigenvalue weighted by molar-refractivity contribution is -0.156. The highest BCUT2D eigenvalue weighted by atomic mass is 16.5. The summed E-state index contributed by atoms with van der Waals surface area (Å²) in [4.78, 5) is 47.2. The fraction of sp³-hybridized carbons (Fsp3) is 0.375. The molecular weight excluding hydrogens is 272 g/mol. The summed E-state index contributed by atoms with van der Waals surface area (Å²) in [5.74, 6) is -5.11. The Morgan fingerprint density at radius 1 is 1.10 bits per heavy atom. The van der Waals surface area contributed by atoms with Gasteiger partial charge in [0.25, 0.3) is 0 Å². The van der Waals surface area contributed by atoms with Crippen LogP contribution in [0.25, 0.3) is 0 Å². The minimum atomic E-state index is -1.25. The number of Topliss-reactive ketones (excluding diaryl/α,β-unsaturated/α-hetero) is 3. The van der Waals surface area contributed by atoms with Gasteiger partial charge in [-0.2, -0.15) is 0 Å². The van der Waals surface area contributed by atoms with Crippen LogP contribution >= 0.6 is 0 Å². The van der Waals surface area contributed by atoms with Crippen molar-refractivity contribution in [1.29, 1.82) is 0 Å². The van der Waals surface area contributed by atoms with E-state index in [4.69, 9.17) is 0 Å². The zero-order valence-electron chi connectivity index (χ0n) is 11.7. The van der Waals surface area contributed by atoms with Gasteiger partial charge in [0.1, 0.15) is 0 Å². The van der Waals surface area contributed by atoms with Crippen LogP contribution in [0, 0.1) is 5.92 Å². The van der Waals surface area contributed by atoms with E-state index in [1.807, 2.05) is 30.3 Å². The average molecular weight is 288 g/mol. The predicted octanol–water partition coefficient (Wildman–Crippen LogP) is 1.45. The smallest absolute Gasteiger partial charge is 0.382 e. The van der Waals surface area contributed by atoms with Crippen molar-refractivity contribution in [1.82, 2.24) is 0 Å². The highest BCUT2D eigenvalue weighted by Crippen LogP contribution is 2.33. The average Bonchev–Trinajstić information content (AvgIpc) is 2.53. The van der Waals surface area contributed by atoms with Gasteiger partial charge in [-0.3, -0.25) is 14.4 Å². The second-order valence-electron chi connectivity index (χ2n) is 5.03. The normalized spacial score (nSPS) is 21.7. The number of carbonyl (C=O) groups excluding carboxylic acids is 4. The molecule has 2 atom stereocenters. The van der Waals surface area contributed by atoms with E-state index in [1.54, 1.807) is 0 Å². The van der Waals surface area contributed by atoms with Gasteiger partial charge in [0.2, 0.25) is 5.78 Å². The van der Waals surface area contributed by atoms with Gasteiger partial charge in [0.05, 0.1) is 13.0 Å². The first-order valence-electron chi connectivity index (χ1n) is 6.81. The Morgan fingerprint density at radius 3 is 2.38 bits per heavy atom. The molecule has 1 fully saturated rings. The van der Waals surface area contributed by atoms with Gasteiger partial charge in [-0.1, -0.05) is 36.8 Å². The highest BCUT2D eigenvalue weighted by Gasteiger charge is 2.40. The lowest BCUT2D eigenvalue weighted by Gasteiger charge is -2.26. The van der Waals surface area contributed by atoms with E-state index in [1.165, 1.54) is 0 Å². The summed E-state index contributed by atoms with van der Waals surface area (Å²) in [6.45, 7) is 0. The number of carbonyl (C=O) groups is 4. The zero-order valence-corrected chi connectivity index (χ0v) is 11.7. The minimum absolute atomic E-state index is 0.283. The molecular formula is C16H16O5. The Kier molecular flexibility index (Phi) is 4.62. The molecule has 0 N–H and O–H groups in total. The summed E-state index contributed by atoms with van der Waals surface area (Å²) in [5, 5.41) is 0. The van der Waals surface area contributed by atoms with Crippen molar-refractivity contribution in [2.75, 3.05) is 7.11 Å². The van der Waals surface area contributed by atoms with E-state index < -0.39 is 23.5 Å². The van der Waals surface area contributed by atoms with Crippen LogP contribution in [0.5, 0.6) is 0 Å². The van der Waals surface area contributed by atoms with Gasteiger partial charge < -0.3 is 4.74 Å². The Bertz CT molecular complexity index is 576. The van der Waals surface area contributed by atoms with Gasteiger partial charge in [-0.15, -0.1) is 0 Å². The van der Waals surface area contributed by atoms with Gasteiger partial charge in [0, 0.05) is 5.92 Å². The molecule has 1 aliphatic carbocycles. The lowest BCUT2D eigenvalue weighted by Crippen LogP contribution is -2.39. The molecule has 0 spiro atoms. The fourth-order valence-electron chi connectivity index (χ4n) is 2.68. The summed E-state index contributed by atoms with van der Waals surface area (Å²) in [6, 6.07) is 9.16. The quantitative estimate of drug-likeness (QED) is 0.476. The monoisotopic (exact) mass is 288 g/mol. The number of benzene rings is 1. The molecule has 0 saturated heterocycles. The van der Waals surface area contributed by atoms with Crippen LogP contribution in [0.3, 0.4) is 0 Å². The number of hydrogen-bond acceptors (Lipinski definition) is 5. The van der Waals surface area contributed by atoms with Crippen LogP contribution in [0.1, 0.15) is 30.7 Å². The second-order valence-corrected chi connectivity index (χ2v) is 5.03. The van der Waals surface area contributed by atoms with Crippen molar-refractivity contribution in [3.05, 3.63) is 35.9 Å². The number of hydrogen-bond donors (Lipinski definition) is 0. The van der Waals surface area contributed by atoms with E-state index in [0.717, 1.165) is 12.7 Å². The third-order valence-electron chi connectivity index (χ3n) is 3.79. The molecule has 0 aromatic heterocycles. The van der Waals surface area contributed by atoms with E-state index in [2.05, 4.69) is 4.74 Å². The Morgan fingerprint density at radius 2 is 1.76 bits per heavy atom. The number of ether oxygens (including phenoxy) is 1. The topological polar surface area (TPSA) is 77.5 Å². The molecule has 5 heteroatoms. The fourth-order valence-corrected chi connectivity index (χ4v) is 2.68. The molecule has 1 aromatic carbocycles. The van der Waals surface area contributed by atoms with Crippen molar-refractivity contribution in [2.24, 2.45) is 5.92 Å². The molecule has 1 saturated carbocycles. The first-order chi connectivity index (χ1) is 10.1. The molecule has 0 heterocycles. The van der Waals surface area contributed by atoms with Crippen LogP contribution in [-0.4, -0.2) is 30.4 Å². The first kappa shape index (κ1) is 15.1. The zero-order chi connectivity index (χ0) is 15.4. The summed E-state index contributed by atoms with van der Waals surface area (Å²) in [7, 11) is 1.03. The molecule has 0 radical (unpaired) electrons. The van der Waals surface area contributed by atoms with Crippen molar-refractivity contribution in [2.45, 2.75) is 25.2 Å². The Labute approximate surface area is 122 Å². The van der Waals surface area contributed by atoms with Crippen LogP contribution in [-0.2, 0) is 23.9 Å². The maximum Gasteiger partial charge on any atom is 0.382 e. The van der Waals surface area contributed by atoms with E-state index in [-0.39, 0.29) is 11.7 Å². The molecule has 110 valence electrons. The molecule has 0 bridgehead atoms. The Balaban J connectivity index is 2.19. The molecule has 1 aliphatic rings. The van der Waals surface area contributed by atoms with Crippen LogP contribution in [0.15, 0.2) is 30.3 Å². The minimum Gasteiger partial charge on any atom is -0.463 e. The highest BCUT2D eigenvalue weighted by molar-refractivity contribution is 6.63. The van der Waals surface area contributed by atoms with Crippen molar-refractivity contribution < 1.29 is 23.9 Å². The van der Waals surface area contributed by atoms with Gasteiger partial charge in [-0.05, 0) is 18.4 Å². The Hall–Kier alpha value is -2.30. The standard InChI is InChI=1S/C16H16O5/c1-21-16(20)15(19)14(18)12-9-5-8-11(13(12)17)10-6-3-2-4-7-10/h2-4,6-7,11-12H,5,8-9H2,1H3/t11-,12-/m0/s1. The summed E-state index contributed by atoms with van der Waals surface area (Å²) < 4.78 is 4.25. The lowest BCUT2D eigenvalue weighted by atomic mass is 9.74. The SMILES string of the molecule is COC(=O)C(=O)C(=O)[C@H]1CCC[C@@H](c2ccccc2)C1=O. The summed E-state index contributed by atoms with van der Waals surface area (Å²) in [5.41, 5.74) is 0.838. The number of ketones is 3. The first-order valence-corrected chi connectivity index (χ1v) is 6.81. The molecule has 1 aromatic rings. The summed E-state index contributed by atoms with van der Waals surface area (Å²) in [6.07, 6.45) is 1.62. The molecule has 21 heavy (non-hydrogen) atoms. The predicted molar refractivity (Wildman–Crippen MR) is 73.6 cm³/mol. The summed E-state index contributed by atoms with van der Waals surface area (Å²) >= 11 is 0. The van der Waals surface area contributed by atoms with Crippen molar-refractivity contribution >= 4 is 23.3 Å². The van der Waals surface area contributed by atoms with Gasteiger partial charge in [0.15, 0.2) is 5.78 Å². The molecule has 0 aliphatic heterocycles. The number of esters is 1. The van der Waals surface area contributed by atoms with Gasteiger partial charge in [-0.25, -0.2) is 4.79 Å². The van der Waals surface area contributed by atoms with Crippen LogP contribution in [0.2, 0.25) is 0 Å². The number of methoxy groups -OCH3 is 1. The molecule has 0 amide bonds. The van der Waals surface area contributed by atoms with E-state index in [9.17, 15) is 19.2 Å². The largest absolute Gasteiger partial charge is 0.463 e. The maximum atomic E-state index is 12.5. The third kappa shape index (κ3) is 3.07. The second kappa shape index (κ2) is 6.43. The van der Waals surface area contributed by atoms with Crippen LogP contribution in [0.4, 0.5) is 0 Å². The van der Waals surface area contributed by atoms with Crippen LogP contribution < -0.4 is 0 Å². The molecule has 2 rings (SSSR count). The third-order valence-corrected chi connectivity index (χ3v) is 3.79. The van der Waals surface area contributed by atoms with E-state index in [0.29, 0.717) is 19.3 Å².